The lowest BCUT2D eigenvalue weighted by Crippen LogP contribution is -2.39. The van der Waals surface area contributed by atoms with Gasteiger partial charge in [-0.15, -0.1) is 0 Å². The smallest absolute Gasteiger partial charge is 0.253 e. The highest BCUT2D eigenvalue weighted by Crippen LogP contribution is 2.30. The lowest BCUT2D eigenvalue weighted by Gasteiger charge is -2.31. The predicted molar refractivity (Wildman–Crippen MR) is 83.3 cm³/mol. The Balaban J connectivity index is 2.04. The first-order valence-electron chi connectivity index (χ1n) is 6.70. The summed E-state index contributed by atoms with van der Waals surface area (Å²) in [5, 5.41) is 0.525. The largest absolute Gasteiger partial charge is 0.397 e. The van der Waals surface area contributed by atoms with Crippen LogP contribution in [0.25, 0.3) is 0 Å². The number of hydrogen-bond acceptors (Lipinski definition) is 3. The molecule has 21 heavy (non-hydrogen) atoms. The van der Waals surface area contributed by atoms with E-state index in [0.717, 1.165) is 12.8 Å². The molecule has 0 saturated carbocycles. The molecule has 0 spiro atoms. The number of halogens is 2. The quantitative estimate of drug-likeness (QED) is 0.834. The van der Waals surface area contributed by atoms with Crippen molar-refractivity contribution in [3.63, 3.8) is 0 Å². The van der Waals surface area contributed by atoms with Crippen molar-refractivity contribution in [1.82, 2.24) is 4.90 Å². The van der Waals surface area contributed by atoms with Gasteiger partial charge in [-0.3, -0.25) is 9.59 Å². The van der Waals surface area contributed by atoms with Crippen molar-refractivity contribution >= 4 is 40.7 Å². The van der Waals surface area contributed by atoms with Crippen molar-refractivity contribution in [2.75, 3.05) is 18.8 Å². The SMILES string of the molecule is NC(=O)CC1CCN(C(=O)c2cc(N)c(Cl)c(Cl)c2)CC1. The second-order valence-electron chi connectivity index (χ2n) is 5.27. The predicted octanol–water partition coefficient (Wildman–Crippen LogP) is 2.30. The fourth-order valence-electron chi connectivity index (χ4n) is 2.54. The van der Waals surface area contributed by atoms with Gasteiger partial charge in [0, 0.05) is 25.1 Å². The molecule has 0 aliphatic carbocycles. The fraction of sp³-hybridized carbons (Fsp3) is 0.429. The monoisotopic (exact) mass is 329 g/mol. The van der Waals surface area contributed by atoms with Crippen molar-refractivity contribution in [2.24, 2.45) is 11.7 Å². The van der Waals surface area contributed by atoms with Gasteiger partial charge >= 0.3 is 0 Å². The molecule has 0 bridgehead atoms. The number of benzene rings is 1. The number of rotatable bonds is 3. The van der Waals surface area contributed by atoms with Gasteiger partial charge in [-0.2, -0.15) is 0 Å². The Labute approximate surface area is 133 Å². The van der Waals surface area contributed by atoms with E-state index in [1.165, 1.54) is 12.1 Å². The molecule has 0 radical (unpaired) electrons. The van der Waals surface area contributed by atoms with Gasteiger partial charge in [0.15, 0.2) is 0 Å². The maximum Gasteiger partial charge on any atom is 0.253 e. The Hall–Kier alpha value is -1.46. The van der Waals surface area contributed by atoms with E-state index in [1.54, 1.807) is 4.90 Å². The zero-order chi connectivity index (χ0) is 15.6. The fourth-order valence-corrected chi connectivity index (χ4v) is 2.88. The van der Waals surface area contributed by atoms with Crippen LogP contribution in [0.15, 0.2) is 12.1 Å². The molecule has 7 heteroatoms. The molecule has 114 valence electrons. The first kappa shape index (κ1) is 15.9. The molecule has 4 N–H and O–H groups in total. The van der Waals surface area contributed by atoms with E-state index in [0.29, 0.717) is 25.1 Å². The van der Waals surface area contributed by atoms with Crippen molar-refractivity contribution in [3.8, 4) is 0 Å². The number of hydrogen-bond donors (Lipinski definition) is 2. The van der Waals surface area contributed by atoms with Crippen LogP contribution in [0.4, 0.5) is 5.69 Å². The Morgan fingerprint density at radius 3 is 2.38 bits per heavy atom. The number of carbonyl (C=O) groups excluding carboxylic acids is 2. The van der Waals surface area contributed by atoms with Crippen molar-refractivity contribution in [1.29, 1.82) is 0 Å². The Morgan fingerprint density at radius 2 is 1.86 bits per heavy atom. The van der Waals surface area contributed by atoms with Gasteiger partial charge in [0.25, 0.3) is 5.91 Å². The second-order valence-corrected chi connectivity index (χ2v) is 6.05. The summed E-state index contributed by atoms with van der Waals surface area (Å²) >= 11 is 11.8. The zero-order valence-electron chi connectivity index (χ0n) is 11.4. The van der Waals surface area contributed by atoms with Crippen LogP contribution in [0.1, 0.15) is 29.6 Å². The van der Waals surface area contributed by atoms with Gasteiger partial charge in [0.1, 0.15) is 0 Å². The topological polar surface area (TPSA) is 89.4 Å². The van der Waals surface area contributed by atoms with Crippen molar-refractivity contribution in [3.05, 3.63) is 27.7 Å². The summed E-state index contributed by atoms with van der Waals surface area (Å²) in [6, 6.07) is 3.06. The summed E-state index contributed by atoms with van der Waals surface area (Å²) in [5.41, 5.74) is 11.6. The first-order chi connectivity index (χ1) is 9.88. The van der Waals surface area contributed by atoms with E-state index < -0.39 is 0 Å². The van der Waals surface area contributed by atoms with Crippen LogP contribution >= 0.6 is 23.2 Å². The molecule has 1 saturated heterocycles. The van der Waals surface area contributed by atoms with E-state index in [-0.39, 0.29) is 33.5 Å². The number of anilines is 1. The lowest BCUT2D eigenvalue weighted by atomic mass is 9.93. The average Bonchev–Trinajstić information content (AvgIpc) is 2.43. The minimum absolute atomic E-state index is 0.127. The van der Waals surface area contributed by atoms with Gasteiger partial charge in [-0.05, 0) is 30.9 Å². The number of nitrogen functional groups attached to an aromatic ring is 1. The summed E-state index contributed by atoms with van der Waals surface area (Å²) in [5.74, 6) is -0.166. The van der Waals surface area contributed by atoms with Gasteiger partial charge in [0.05, 0.1) is 15.7 Å². The van der Waals surface area contributed by atoms with Crippen LogP contribution in [0.3, 0.4) is 0 Å². The van der Waals surface area contributed by atoms with Gasteiger partial charge in [-0.1, -0.05) is 23.2 Å². The van der Waals surface area contributed by atoms with Gasteiger partial charge < -0.3 is 16.4 Å². The highest BCUT2D eigenvalue weighted by Gasteiger charge is 2.25. The minimum Gasteiger partial charge on any atom is -0.397 e. The van der Waals surface area contributed by atoms with E-state index >= 15 is 0 Å². The molecule has 1 aromatic rings. The Kier molecular flexibility index (Phi) is 4.96. The molecule has 0 aromatic heterocycles. The molecule has 0 unspecified atom stereocenters. The van der Waals surface area contributed by atoms with Crippen LogP contribution in [0.2, 0.25) is 10.0 Å². The molecule has 1 fully saturated rings. The summed E-state index contributed by atoms with van der Waals surface area (Å²) in [4.78, 5) is 25.1. The molecule has 1 aliphatic rings. The number of piperidine rings is 1. The van der Waals surface area contributed by atoms with Gasteiger partial charge in [-0.25, -0.2) is 0 Å². The van der Waals surface area contributed by atoms with E-state index in [9.17, 15) is 9.59 Å². The summed E-state index contributed by atoms with van der Waals surface area (Å²) in [7, 11) is 0. The Morgan fingerprint density at radius 1 is 1.24 bits per heavy atom. The van der Waals surface area contributed by atoms with Crippen molar-refractivity contribution in [2.45, 2.75) is 19.3 Å². The van der Waals surface area contributed by atoms with E-state index in [1.807, 2.05) is 0 Å². The summed E-state index contributed by atoms with van der Waals surface area (Å²) in [6.45, 7) is 1.19. The van der Waals surface area contributed by atoms with E-state index in [4.69, 9.17) is 34.7 Å². The van der Waals surface area contributed by atoms with Crippen LogP contribution in [-0.4, -0.2) is 29.8 Å². The molecule has 0 atom stereocenters. The average molecular weight is 330 g/mol. The molecule has 1 heterocycles. The molecule has 5 nitrogen and oxygen atoms in total. The standard InChI is InChI=1S/C14H17Cl2N3O2/c15-10-6-9(7-11(17)13(10)16)14(21)19-3-1-8(2-4-19)5-12(18)20/h6-8H,1-5,17H2,(H2,18,20). The maximum atomic E-state index is 12.4. The number of nitrogens with two attached hydrogens (primary N) is 2. The highest BCUT2D eigenvalue weighted by molar-refractivity contribution is 6.43. The van der Waals surface area contributed by atoms with Crippen LogP contribution in [0.5, 0.6) is 0 Å². The molecule has 2 amide bonds. The normalized spacial score (nSPS) is 16.0. The third kappa shape index (κ3) is 3.80. The highest BCUT2D eigenvalue weighted by atomic mass is 35.5. The Bertz CT molecular complexity index is 546. The third-order valence-corrected chi connectivity index (χ3v) is 4.51. The number of amides is 2. The molecule has 2 rings (SSSR count). The van der Waals surface area contributed by atoms with Crippen LogP contribution in [-0.2, 0) is 4.79 Å². The molecule has 1 aromatic carbocycles. The summed E-state index contributed by atoms with van der Waals surface area (Å²) < 4.78 is 0. The summed E-state index contributed by atoms with van der Waals surface area (Å²) in [6.07, 6.45) is 1.92. The number of likely N-dealkylation sites (tertiary alicyclic amines) is 1. The molecular weight excluding hydrogens is 313 g/mol. The third-order valence-electron chi connectivity index (χ3n) is 3.69. The first-order valence-corrected chi connectivity index (χ1v) is 7.46. The molecule has 1 aliphatic heterocycles. The maximum absolute atomic E-state index is 12.4. The van der Waals surface area contributed by atoms with Gasteiger partial charge in [0.2, 0.25) is 5.91 Å². The lowest BCUT2D eigenvalue weighted by molar-refractivity contribution is -0.119. The number of carbonyl (C=O) groups is 2. The number of primary amides is 1. The van der Waals surface area contributed by atoms with Crippen LogP contribution < -0.4 is 11.5 Å². The van der Waals surface area contributed by atoms with Crippen LogP contribution in [0, 0.1) is 5.92 Å². The number of nitrogens with zero attached hydrogens (tertiary/aromatic N) is 1. The van der Waals surface area contributed by atoms with Crippen molar-refractivity contribution < 1.29 is 9.59 Å². The zero-order valence-corrected chi connectivity index (χ0v) is 13.0. The van der Waals surface area contributed by atoms with E-state index in [2.05, 4.69) is 0 Å². The minimum atomic E-state index is -0.294. The second kappa shape index (κ2) is 6.54. The molecular formula is C14H17Cl2N3O2.